The Morgan fingerprint density at radius 2 is 1.90 bits per heavy atom. The van der Waals surface area contributed by atoms with Crippen LogP contribution in [0.3, 0.4) is 0 Å². The Morgan fingerprint density at radius 3 is 2.73 bits per heavy atom. The molecular weight excluding hydrogens is 396 g/mol. The summed E-state index contributed by atoms with van der Waals surface area (Å²) >= 11 is 1.50. The number of amidine groups is 1. The zero-order valence-corrected chi connectivity index (χ0v) is 18.1. The monoisotopic (exact) mass is 422 g/mol. The van der Waals surface area contributed by atoms with Gasteiger partial charge in [0, 0.05) is 10.8 Å². The number of hydrogen-bond donors (Lipinski definition) is 1. The number of amides is 1. The fraction of sp³-hybridized carbons (Fsp3) is 0.348. The van der Waals surface area contributed by atoms with Gasteiger partial charge in [-0.2, -0.15) is 0 Å². The lowest BCUT2D eigenvalue weighted by Gasteiger charge is -2.34. The third-order valence-electron chi connectivity index (χ3n) is 5.00. The van der Waals surface area contributed by atoms with Crippen molar-refractivity contribution in [1.29, 1.82) is 0 Å². The van der Waals surface area contributed by atoms with Crippen LogP contribution in [0.15, 0.2) is 58.6 Å². The summed E-state index contributed by atoms with van der Waals surface area (Å²) < 4.78 is 6.11. The van der Waals surface area contributed by atoms with E-state index in [1.807, 2.05) is 55.5 Å². The van der Waals surface area contributed by atoms with E-state index < -0.39 is 6.17 Å². The summed E-state index contributed by atoms with van der Waals surface area (Å²) in [6.45, 7) is 4.87. The van der Waals surface area contributed by atoms with Crippen molar-refractivity contribution in [3.63, 3.8) is 0 Å². The molecule has 1 N–H and O–H groups in total. The van der Waals surface area contributed by atoms with Gasteiger partial charge in [-0.05, 0) is 24.3 Å². The normalized spacial score (nSPS) is 17.5. The Kier molecular flexibility index (Phi) is 6.38. The minimum atomic E-state index is -0.462. The first-order valence-corrected chi connectivity index (χ1v) is 11.4. The Balaban J connectivity index is 1.80. The molecule has 0 radical (unpaired) electrons. The highest BCUT2D eigenvalue weighted by Crippen LogP contribution is 2.35. The van der Waals surface area contributed by atoms with Gasteiger partial charge >= 0.3 is 0 Å². The van der Waals surface area contributed by atoms with Crippen LogP contribution in [0.25, 0.3) is 5.70 Å². The van der Waals surface area contributed by atoms with Crippen LogP contribution in [0, 0.1) is 0 Å². The second-order valence-electron chi connectivity index (χ2n) is 7.10. The molecule has 2 heterocycles. The van der Waals surface area contributed by atoms with Crippen molar-refractivity contribution < 1.29 is 9.53 Å². The molecule has 0 fully saturated rings. The second kappa shape index (κ2) is 9.34. The molecule has 0 spiro atoms. The van der Waals surface area contributed by atoms with Crippen molar-refractivity contribution >= 4 is 28.5 Å². The number of fused-ring (bicyclic) bond motifs is 2. The van der Waals surface area contributed by atoms with Gasteiger partial charge in [-0.3, -0.25) is 15.1 Å². The maximum Gasteiger partial charge on any atom is 0.276 e. The van der Waals surface area contributed by atoms with Crippen molar-refractivity contribution in [2.75, 3.05) is 12.4 Å². The molecule has 156 valence electrons. The van der Waals surface area contributed by atoms with Gasteiger partial charge in [-0.1, -0.05) is 74.8 Å². The first kappa shape index (κ1) is 20.5. The lowest BCUT2D eigenvalue weighted by molar-refractivity contribution is -0.116. The number of unbranched alkanes of at least 4 members (excludes halogenated alkanes) is 2. The third kappa shape index (κ3) is 4.07. The molecule has 0 aromatic heterocycles. The number of thioether (sulfide) groups is 1. The topological polar surface area (TPSA) is 66.3 Å². The van der Waals surface area contributed by atoms with E-state index >= 15 is 0 Å². The van der Waals surface area contributed by atoms with Gasteiger partial charge < -0.3 is 4.74 Å². The molecule has 0 saturated heterocycles. The second-order valence-corrected chi connectivity index (χ2v) is 8.35. The van der Waals surface area contributed by atoms with Crippen molar-refractivity contribution in [2.24, 2.45) is 10.1 Å². The summed E-state index contributed by atoms with van der Waals surface area (Å²) in [6.07, 6.45) is 2.83. The molecular formula is C23H26N4O2S. The summed E-state index contributed by atoms with van der Waals surface area (Å²) in [7, 11) is 0. The zero-order valence-electron chi connectivity index (χ0n) is 17.3. The molecule has 4 rings (SSSR count). The fourth-order valence-corrected chi connectivity index (χ4v) is 4.18. The number of hydrazone groups is 1. The standard InChI is InChI=1S/C23H26N4O2S/c1-3-5-10-15-29-19-14-9-7-12-17(19)21-24-18-13-8-6-11-16(18)20-22(28)25-23(30-4-2)26-27(20)21/h6-9,11-14,21H,3-5,10,15H2,1-2H3,(H,25,26,28)/t21-/m0/s1. The molecule has 2 aliphatic rings. The summed E-state index contributed by atoms with van der Waals surface area (Å²) in [5.41, 5.74) is 1.42. The highest BCUT2D eigenvalue weighted by Gasteiger charge is 2.35. The molecule has 30 heavy (non-hydrogen) atoms. The van der Waals surface area contributed by atoms with E-state index in [1.165, 1.54) is 11.8 Å². The first-order chi connectivity index (χ1) is 14.7. The number of benzene rings is 2. The number of para-hydroxylation sites is 2. The van der Waals surface area contributed by atoms with Crippen LogP contribution in [0.2, 0.25) is 0 Å². The molecule has 6 nitrogen and oxygen atoms in total. The smallest absolute Gasteiger partial charge is 0.276 e. The van der Waals surface area contributed by atoms with E-state index in [2.05, 4.69) is 12.2 Å². The van der Waals surface area contributed by atoms with Crippen LogP contribution in [0.5, 0.6) is 5.75 Å². The number of carbonyl (C=O) groups excluding carboxylic acids is 1. The number of nitrogens with zero attached hydrogens (tertiary/aromatic N) is 3. The van der Waals surface area contributed by atoms with Gasteiger partial charge in [0.1, 0.15) is 11.4 Å². The Hall–Kier alpha value is -2.80. The predicted octanol–water partition coefficient (Wildman–Crippen LogP) is 3.15. The molecule has 2 aromatic carbocycles. The van der Waals surface area contributed by atoms with Gasteiger partial charge in [-0.25, -0.2) is 5.01 Å². The van der Waals surface area contributed by atoms with Gasteiger partial charge in [0.05, 0.1) is 12.0 Å². The van der Waals surface area contributed by atoms with Crippen molar-refractivity contribution in [3.8, 4) is 5.75 Å². The van der Waals surface area contributed by atoms with Crippen molar-refractivity contribution in [1.82, 2.24) is 10.3 Å². The Labute approximate surface area is 180 Å². The van der Waals surface area contributed by atoms with Crippen LogP contribution >= 0.6 is 11.8 Å². The molecule has 0 bridgehead atoms. The molecule has 0 unspecified atom stereocenters. The van der Waals surface area contributed by atoms with Crippen LogP contribution < -0.4 is 20.6 Å². The van der Waals surface area contributed by atoms with Crippen LogP contribution in [-0.4, -0.2) is 28.4 Å². The molecule has 1 atom stereocenters. The fourth-order valence-electron chi connectivity index (χ4n) is 3.59. The van der Waals surface area contributed by atoms with Crippen LogP contribution in [0.4, 0.5) is 0 Å². The average Bonchev–Trinajstić information content (AvgIpc) is 2.76. The van der Waals surface area contributed by atoms with E-state index in [0.717, 1.165) is 46.9 Å². The Bertz CT molecular complexity index is 1080. The first-order valence-electron chi connectivity index (χ1n) is 10.4. The van der Waals surface area contributed by atoms with Crippen LogP contribution in [-0.2, 0) is 4.79 Å². The maximum absolute atomic E-state index is 13.0. The van der Waals surface area contributed by atoms with E-state index in [-0.39, 0.29) is 5.91 Å². The predicted molar refractivity (Wildman–Crippen MR) is 120 cm³/mol. The minimum Gasteiger partial charge on any atom is -0.493 e. The molecule has 0 aliphatic carbocycles. The molecule has 2 aromatic rings. The molecule has 2 aliphatic heterocycles. The summed E-state index contributed by atoms with van der Waals surface area (Å²) in [5.74, 6) is 1.44. The van der Waals surface area contributed by atoms with Gasteiger partial charge in [-0.15, -0.1) is 5.10 Å². The minimum absolute atomic E-state index is 0.158. The maximum atomic E-state index is 13.0. The highest BCUT2D eigenvalue weighted by atomic mass is 32.2. The van der Waals surface area contributed by atoms with E-state index in [0.29, 0.717) is 17.5 Å². The molecule has 0 saturated carbocycles. The summed E-state index contributed by atoms with van der Waals surface area (Å²) in [5, 5.41) is 11.6. The number of rotatable bonds is 7. The van der Waals surface area contributed by atoms with E-state index in [4.69, 9.17) is 14.8 Å². The largest absolute Gasteiger partial charge is 0.493 e. The van der Waals surface area contributed by atoms with Crippen LogP contribution in [0.1, 0.15) is 44.8 Å². The van der Waals surface area contributed by atoms with Gasteiger partial charge in [0.2, 0.25) is 0 Å². The van der Waals surface area contributed by atoms with E-state index in [9.17, 15) is 4.79 Å². The number of ether oxygens (including phenoxy) is 1. The summed E-state index contributed by atoms with van der Waals surface area (Å²) in [6, 6.07) is 15.6. The SMILES string of the molecule is CCCCCOc1ccccc1[C@H]1N=c2ccccc2=C2C(=O)NC(SCC)=NN21. The lowest BCUT2D eigenvalue weighted by atomic mass is 10.1. The Morgan fingerprint density at radius 1 is 1.10 bits per heavy atom. The number of carbonyl (C=O) groups is 1. The van der Waals surface area contributed by atoms with E-state index in [1.54, 1.807) is 5.01 Å². The third-order valence-corrected chi connectivity index (χ3v) is 5.74. The van der Waals surface area contributed by atoms with Crippen molar-refractivity contribution in [3.05, 3.63) is 64.7 Å². The summed E-state index contributed by atoms with van der Waals surface area (Å²) in [4.78, 5) is 18.0. The molecule has 7 heteroatoms. The zero-order chi connectivity index (χ0) is 20.9. The lowest BCUT2D eigenvalue weighted by Crippen LogP contribution is -2.50. The average molecular weight is 423 g/mol. The molecule has 1 amide bonds. The highest BCUT2D eigenvalue weighted by molar-refractivity contribution is 8.13. The van der Waals surface area contributed by atoms with Gasteiger partial charge in [0.25, 0.3) is 5.91 Å². The van der Waals surface area contributed by atoms with Gasteiger partial charge in [0.15, 0.2) is 11.3 Å². The van der Waals surface area contributed by atoms with Crippen molar-refractivity contribution in [2.45, 2.75) is 39.3 Å². The quantitative estimate of drug-likeness (QED) is 0.696. The number of hydrogen-bond acceptors (Lipinski definition) is 6. The number of nitrogens with one attached hydrogen (secondary N) is 1.